The quantitative estimate of drug-likeness (QED) is 0.179. The average Bonchev–Trinajstić information content (AvgIpc) is 3.81. The molecule has 0 fully saturated rings. The highest BCUT2D eigenvalue weighted by atomic mass is 16.3. The molecule has 0 aliphatic carbocycles. The molecule has 2 heterocycles. The van der Waals surface area contributed by atoms with Gasteiger partial charge in [0.25, 0.3) is 0 Å². The molecule has 0 aliphatic heterocycles. The Balaban J connectivity index is 1.16. The van der Waals surface area contributed by atoms with Crippen LogP contribution in [-0.2, 0) is 0 Å². The fourth-order valence-electron chi connectivity index (χ4n) is 7.23. The Kier molecular flexibility index (Phi) is 6.78. The van der Waals surface area contributed by atoms with E-state index in [-0.39, 0.29) is 0 Å². The third-order valence-corrected chi connectivity index (χ3v) is 9.69. The van der Waals surface area contributed by atoms with E-state index in [1.807, 2.05) is 42.5 Å². The predicted molar refractivity (Wildman–Crippen MR) is 210 cm³/mol. The highest BCUT2D eigenvalue weighted by Gasteiger charge is 2.22. The monoisotopic (exact) mass is 654 g/mol. The fraction of sp³-hybridized carbons (Fsp3) is 0. The summed E-state index contributed by atoms with van der Waals surface area (Å²) in [5, 5.41) is 4.42. The first-order valence-corrected chi connectivity index (χ1v) is 17.1. The Morgan fingerprint density at radius 3 is 2.00 bits per heavy atom. The first kappa shape index (κ1) is 29.0. The zero-order chi connectivity index (χ0) is 33.7. The van der Waals surface area contributed by atoms with Crippen LogP contribution in [0, 0.1) is 0 Å². The Labute approximate surface area is 294 Å². The van der Waals surface area contributed by atoms with Crippen LogP contribution in [-0.4, -0.2) is 4.98 Å². The average molecular weight is 655 g/mol. The molecule has 0 atom stereocenters. The fourth-order valence-corrected chi connectivity index (χ4v) is 7.23. The minimum Gasteiger partial charge on any atom is -0.454 e. The van der Waals surface area contributed by atoms with Gasteiger partial charge in [-0.3, -0.25) is 0 Å². The standard InChI is InChI=1S/C47H30N2O2/c1-2-11-31(12-3-1)33-25-27-37(28-26-33)49(38-16-8-15-35(30-38)36-24-23-32-13-4-5-14-34(32)29-36)42-20-9-17-39-45-40(18-10-22-44(45)50-46(39)42)47-48-41-19-6-7-21-43(41)51-47/h1-30H. The molecule has 0 unspecified atom stereocenters. The highest BCUT2D eigenvalue weighted by Crippen LogP contribution is 2.45. The van der Waals surface area contributed by atoms with E-state index in [2.05, 4.69) is 144 Å². The van der Waals surface area contributed by atoms with Crippen molar-refractivity contribution in [1.82, 2.24) is 4.98 Å². The summed E-state index contributed by atoms with van der Waals surface area (Å²) in [5.74, 6) is 0.575. The van der Waals surface area contributed by atoms with Gasteiger partial charge in [-0.2, -0.15) is 0 Å². The minimum atomic E-state index is 0.575. The van der Waals surface area contributed by atoms with Gasteiger partial charge in [-0.05, 0) is 93.7 Å². The number of oxazole rings is 1. The molecule has 10 aromatic rings. The van der Waals surface area contributed by atoms with E-state index in [9.17, 15) is 0 Å². The summed E-state index contributed by atoms with van der Waals surface area (Å²) >= 11 is 0. The van der Waals surface area contributed by atoms with Crippen molar-refractivity contribution in [3.63, 3.8) is 0 Å². The lowest BCUT2D eigenvalue weighted by Crippen LogP contribution is -2.10. The van der Waals surface area contributed by atoms with Crippen LogP contribution in [0.1, 0.15) is 0 Å². The molecule has 0 spiro atoms. The van der Waals surface area contributed by atoms with E-state index >= 15 is 0 Å². The molecule has 240 valence electrons. The Hall–Kier alpha value is -6.91. The second-order valence-corrected chi connectivity index (χ2v) is 12.8. The number of aromatic nitrogens is 1. The van der Waals surface area contributed by atoms with Crippen molar-refractivity contribution < 1.29 is 8.83 Å². The summed E-state index contributed by atoms with van der Waals surface area (Å²) in [6, 6.07) is 63.4. The number of benzene rings is 8. The first-order chi connectivity index (χ1) is 25.3. The summed E-state index contributed by atoms with van der Waals surface area (Å²) in [6.45, 7) is 0. The van der Waals surface area contributed by atoms with Crippen molar-refractivity contribution in [3.8, 4) is 33.7 Å². The summed E-state index contributed by atoms with van der Waals surface area (Å²) in [7, 11) is 0. The summed E-state index contributed by atoms with van der Waals surface area (Å²) < 4.78 is 13.1. The van der Waals surface area contributed by atoms with Gasteiger partial charge in [0.1, 0.15) is 11.1 Å². The summed E-state index contributed by atoms with van der Waals surface area (Å²) in [4.78, 5) is 7.14. The van der Waals surface area contributed by atoms with Gasteiger partial charge in [0.2, 0.25) is 5.89 Å². The van der Waals surface area contributed by atoms with E-state index in [0.29, 0.717) is 5.89 Å². The van der Waals surface area contributed by atoms with Gasteiger partial charge in [0.05, 0.1) is 5.69 Å². The summed E-state index contributed by atoms with van der Waals surface area (Å²) in [5.41, 5.74) is 11.7. The number of fused-ring (bicyclic) bond motifs is 5. The largest absolute Gasteiger partial charge is 0.454 e. The third kappa shape index (κ3) is 5.04. The van der Waals surface area contributed by atoms with Gasteiger partial charge < -0.3 is 13.7 Å². The van der Waals surface area contributed by atoms with Crippen molar-refractivity contribution in [2.45, 2.75) is 0 Å². The van der Waals surface area contributed by atoms with E-state index in [1.54, 1.807) is 0 Å². The lowest BCUT2D eigenvalue weighted by Gasteiger charge is -2.26. The number of hydrogen-bond donors (Lipinski definition) is 0. The Morgan fingerprint density at radius 1 is 0.431 bits per heavy atom. The molecule has 0 saturated carbocycles. The zero-order valence-corrected chi connectivity index (χ0v) is 27.5. The van der Waals surface area contributed by atoms with E-state index in [4.69, 9.17) is 13.8 Å². The number of furan rings is 1. The zero-order valence-electron chi connectivity index (χ0n) is 27.5. The van der Waals surface area contributed by atoms with Gasteiger partial charge >= 0.3 is 0 Å². The van der Waals surface area contributed by atoms with Crippen LogP contribution in [0.4, 0.5) is 17.1 Å². The molecule has 8 aromatic carbocycles. The number of anilines is 3. The molecule has 0 amide bonds. The van der Waals surface area contributed by atoms with Gasteiger partial charge in [0.15, 0.2) is 11.2 Å². The van der Waals surface area contributed by atoms with Crippen LogP contribution in [0.3, 0.4) is 0 Å². The first-order valence-electron chi connectivity index (χ1n) is 17.1. The lowest BCUT2D eigenvalue weighted by atomic mass is 10.00. The molecule has 2 aromatic heterocycles. The molecule has 10 rings (SSSR count). The van der Waals surface area contributed by atoms with Crippen LogP contribution in [0.5, 0.6) is 0 Å². The van der Waals surface area contributed by atoms with Crippen LogP contribution in [0.15, 0.2) is 191 Å². The third-order valence-electron chi connectivity index (χ3n) is 9.69. The molecule has 0 saturated heterocycles. The normalized spacial score (nSPS) is 11.5. The topological polar surface area (TPSA) is 42.4 Å². The van der Waals surface area contributed by atoms with Gasteiger partial charge in [0, 0.05) is 27.7 Å². The second kappa shape index (κ2) is 11.9. The van der Waals surface area contributed by atoms with Gasteiger partial charge in [-0.15, -0.1) is 0 Å². The maximum atomic E-state index is 6.79. The van der Waals surface area contributed by atoms with E-state index < -0.39 is 0 Å². The van der Waals surface area contributed by atoms with E-state index in [1.165, 1.54) is 21.9 Å². The molecule has 4 nitrogen and oxygen atoms in total. The number of para-hydroxylation sites is 3. The van der Waals surface area contributed by atoms with Crippen LogP contribution in [0.2, 0.25) is 0 Å². The highest BCUT2D eigenvalue weighted by molar-refractivity contribution is 6.15. The van der Waals surface area contributed by atoms with Crippen molar-refractivity contribution in [2.24, 2.45) is 0 Å². The van der Waals surface area contributed by atoms with Crippen molar-refractivity contribution in [1.29, 1.82) is 0 Å². The Bertz CT molecular complexity index is 2830. The van der Waals surface area contributed by atoms with Crippen molar-refractivity contribution in [3.05, 3.63) is 182 Å². The number of rotatable bonds is 6. The lowest BCUT2D eigenvalue weighted by molar-refractivity contribution is 0.620. The SMILES string of the molecule is c1ccc(-c2ccc(N(c3cccc(-c4ccc5ccccc5c4)c3)c3cccc4c3oc3cccc(-c5nc6ccccc6o5)c34)cc2)cc1. The van der Waals surface area contributed by atoms with E-state index in [0.717, 1.165) is 66.8 Å². The predicted octanol–water partition coefficient (Wildman–Crippen LogP) is 13.4. The Morgan fingerprint density at radius 2 is 1.12 bits per heavy atom. The van der Waals surface area contributed by atoms with Gasteiger partial charge in [-0.25, -0.2) is 4.98 Å². The van der Waals surface area contributed by atoms with Gasteiger partial charge in [-0.1, -0.05) is 121 Å². The molecule has 0 N–H and O–H groups in total. The maximum absolute atomic E-state index is 6.79. The van der Waals surface area contributed by atoms with Crippen molar-refractivity contribution in [2.75, 3.05) is 4.90 Å². The smallest absolute Gasteiger partial charge is 0.228 e. The molecular formula is C47H30N2O2. The molecule has 0 bridgehead atoms. The summed E-state index contributed by atoms with van der Waals surface area (Å²) in [6.07, 6.45) is 0. The van der Waals surface area contributed by atoms with Crippen LogP contribution < -0.4 is 4.90 Å². The molecule has 4 heteroatoms. The van der Waals surface area contributed by atoms with Crippen LogP contribution >= 0.6 is 0 Å². The molecule has 51 heavy (non-hydrogen) atoms. The molecular weight excluding hydrogens is 625 g/mol. The van der Waals surface area contributed by atoms with Crippen LogP contribution in [0.25, 0.3) is 77.5 Å². The second-order valence-electron chi connectivity index (χ2n) is 12.8. The number of hydrogen-bond acceptors (Lipinski definition) is 4. The molecule has 0 radical (unpaired) electrons. The molecule has 0 aliphatic rings. The minimum absolute atomic E-state index is 0.575. The van der Waals surface area contributed by atoms with Crippen molar-refractivity contribution >= 4 is 60.9 Å². The number of nitrogens with zero attached hydrogens (tertiary/aromatic N) is 2. The maximum Gasteiger partial charge on any atom is 0.228 e.